The van der Waals surface area contributed by atoms with Gasteiger partial charge in [0.1, 0.15) is 9.39 Å². The summed E-state index contributed by atoms with van der Waals surface area (Å²) in [6.07, 6.45) is 0.913. The van der Waals surface area contributed by atoms with Gasteiger partial charge in [0.15, 0.2) is 0 Å². The summed E-state index contributed by atoms with van der Waals surface area (Å²) >= 11 is 2.08. The summed E-state index contributed by atoms with van der Waals surface area (Å²) in [5, 5.41) is 0. The van der Waals surface area contributed by atoms with E-state index in [1.807, 2.05) is 18.2 Å². The summed E-state index contributed by atoms with van der Waals surface area (Å²) in [6, 6.07) is 8.07. The van der Waals surface area contributed by atoms with Crippen LogP contribution in [0.5, 0.6) is 0 Å². The molecule has 0 unspecified atom stereocenters. The average Bonchev–Trinajstić information content (AvgIpc) is 2.40. The van der Waals surface area contributed by atoms with Crippen molar-refractivity contribution in [2.24, 2.45) is 0 Å². The second kappa shape index (κ2) is 5.68. The largest absolute Gasteiger partial charge is 0.306 e. The number of benzene rings is 1. The minimum atomic E-state index is -0.152. The van der Waals surface area contributed by atoms with Gasteiger partial charge in [0.05, 0.1) is 5.69 Å². The van der Waals surface area contributed by atoms with Crippen LogP contribution < -0.4 is 5.56 Å². The Morgan fingerprint density at radius 1 is 1.25 bits per heavy atom. The Bertz CT molecular complexity index is 684. The van der Waals surface area contributed by atoms with Crippen LogP contribution in [0.1, 0.15) is 39.0 Å². The molecule has 20 heavy (non-hydrogen) atoms. The molecular formula is C16H19IN2O. The lowest BCUT2D eigenvalue weighted by Crippen LogP contribution is -2.24. The minimum Gasteiger partial charge on any atom is -0.306 e. The van der Waals surface area contributed by atoms with Crippen LogP contribution in [-0.4, -0.2) is 9.97 Å². The molecule has 1 N–H and O–H groups in total. The van der Waals surface area contributed by atoms with Crippen LogP contribution in [-0.2, 0) is 11.8 Å². The van der Waals surface area contributed by atoms with Crippen LogP contribution in [0.3, 0.4) is 0 Å². The summed E-state index contributed by atoms with van der Waals surface area (Å²) in [4.78, 5) is 19.8. The van der Waals surface area contributed by atoms with Crippen LogP contribution in [0, 0.1) is 3.57 Å². The van der Waals surface area contributed by atoms with Gasteiger partial charge in [-0.05, 0) is 34.6 Å². The van der Waals surface area contributed by atoms with Gasteiger partial charge in [-0.2, -0.15) is 0 Å². The fourth-order valence-corrected chi connectivity index (χ4v) is 3.21. The Hall–Kier alpha value is -1.17. The summed E-state index contributed by atoms with van der Waals surface area (Å²) in [5.74, 6) is 0.665. The third-order valence-electron chi connectivity index (χ3n) is 3.23. The highest BCUT2D eigenvalue weighted by Crippen LogP contribution is 2.26. The monoisotopic (exact) mass is 382 g/mol. The fraction of sp³-hybridized carbons (Fsp3) is 0.375. The Morgan fingerprint density at radius 3 is 2.50 bits per heavy atom. The van der Waals surface area contributed by atoms with Crippen molar-refractivity contribution in [2.75, 3.05) is 0 Å². The quantitative estimate of drug-likeness (QED) is 0.801. The zero-order chi connectivity index (χ0) is 14.9. The highest BCUT2D eigenvalue weighted by molar-refractivity contribution is 14.1. The Labute approximate surface area is 133 Å². The predicted octanol–water partition coefficient (Wildman–Crippen LogP) is 3.90. The molecule has 0 fully saturated rings. The number of hydrogen-bond donors (Lipinski definition) is 1. The maximum absolute atomic E-state index is 12.2. The van der Waals surface area contributed by atoms with E-state index in [2.05, 4.69) is 61.3 Å². The number of halogens is 1. The molecule has 1 aromatic heterocycles. The molecule has 106 valence electrons. The molecule has 1 heterocycles. The molecule has 3 nitrogen and oxygen atoms in total. The van der Waals surface area contributed by atoms with E-state index in [1.165, 1.54) is 5.56 Å². The molecule has 2 aromatic rings. The van der Waals surface area contributed by atoms with E-state index in [0.29, 0.717) is 9.39 Å². The van der Waals surface area contributed by atoms with Gasteiger partial charge in [-0.3, -0.25) is 4.79 Å². The topological polar surface area (TPSA) is 45.8 Å². The molecule has 0 amide bonds. The number of rotatable bonds is 2. The van der Waals surface area contributed by atoms with Crippen molar-refractivity contribution in [1.29, 1.82) is 0 Å². The number of aryl methyl sites for hydroxylation is 1. The van der Waals surface area contributed by atoms with Gasteiger partial charge >= 0.3 is 0 Å². The SMILES string of the molecule is CCc1ccccc1-c1nc(C(C)(C)C)c(I)c(=O)[nH]1. The van der Waals surface area contributed by atoms with Gasteiger partial charge in [0.25, 0.3) is 5.56 Å². The van der Waals surface area contributed by atoms with Crippen molar-refractivity contribution in [3.63, 3.8) is 0 Å². The average molecular weight is 382 g/mol. The number of H-pyrrole nitrogens is 1. The van der Waals surface area contributed by atoms with Crippen LogP contribution >= 0.6 is 22.6 Å². The van der Waals surface area contributed by atoms with Gasteiger partial charge in [0.2, 0.25) is 0 Å². The van der Waals surface area contributed by atoms with Gasteiger partial charge < -0.3 is 4.98 Å². The van der Waals surface area contributed by atoms with E-state index in [4.69, 9.17) is 4.98 Å². The molecule has 4 heteroatoms. The summed E-state index contributed by atoms with van der Waals surface area (Å²) in [6.45, 7) is 8.33. The first-order valence-electron chi connectivity index (χ1n) is 6.73. The van der Waals surface area contributed by atoms with Crippen LogP contribution in [0.2, 0.25) is 0 Å². The van der Waals surface area contributed by atoms with E-state index in [1.54, 1.807) is 0 Å². The molecule has 0 radical (unpaired) electrons. The predicted molar refractivity (Wildman–Crippen MR) is 91.1 cm³/mol. The number of nitrogens with zero attached hydrogens (tertiary/aromatic N) is 1. The first kappa shape index (κ1) is 15.2. The van der Waals surface area contributed by atoms with Crippen molar-refractivity contribution in [1.82, 2.24) is 9.97 Å². The maximum atomic E-state index is 12.2. The maximum Gasteiger partial charge on any atom is 0.264 e. The van der Waals surface area contributed by atoms with Crippen LogP contribution in [0.25, 0.3) is 11.4 Å². The lowest BCUT2D eigenvalue weighted by Gasteiger charge is -2.20. The van der Waals surface area contributed by atoms with E-state index >= 15 is 0 Å². The van der Waals surface area contributed by atoms with Crippen molar-refractivity contribution < 1.29 is 0 Å². The molecule has 1 aromatic carbocycles. The zero-order valence-electron chi connectivity index (χ0n) is 12.2. The number of nitrogens with one attached hydrogen (secondary N) is 1. The second-order valence-electron chi connectivity index (χ2n) is 5.84. The molecule has 0 bridgehead atoms. The van der Waals surface area contributed by atoms with Crippen LogP contribution in [0.15, 0.2) is 29.1 Å². The third kappa shape index (κ3) is 2.95. The molecular weight excluding hydrogens is 363 g/mol. The number of aromatic nitrogens is 2. The third-order valence-corrected chi connectivity index (χ3v) is 4.23. The lowest BCUT2D eigenvalue weighted by molar-refractivity contribution is 0.562. The Morgan fingerprint density at radius 2 is 1.90 bits per heavy atom. The molecule has 0 aliphatic heterocycles. The molecule has 0 spiro atoms. The molecule has 0 saturated carbocycles. The molecule has 2 rings (SSSR count). The highest BCUT2D eigenvalue weighted by atomic mass is 127. The molecule has 0 atom stereocenters. The van der Waals surface area contributed by atoms with E-state index in [-0.39, 0.29) is 11.0 Å². The van der Waals surface area contributed by atoms with E-state index < -0.39 is 0 Å². The first-order valence-corrected chi connectivity index (χ1v) is 7.81. The van der Waals surface area contributed by atoms with Crippen molar-refractivity contribution in [2.45, 2.75) is 39.5 Å². The Balaban J connectivity index is 2.71. The fourth-order valence-electron chi connectivity index (χ4n) is 2.14. The zero-order valence-corrected chi connectivity index (χ0v) is 14.4. The van der Waals surface area contributed by atoms with E-state index in [0.717, 1.165) is 17.7 Å². The smallest absolute Gasteiger partial charge is 0.264 e. The van der Waals surface area contributed by atoms with Crippen LogP contribution in [0.4, 0.5) is 0 Å². The van der Waals surface area contributed by atoms with Gasteiger partial charge in [0, 0.05) is 11.0 Å². The molecule has 0 saturated heterocycles. The normalized spacial score (nSPS) is 11.7. The number of aromatic amines is 1. The highest BCUT2D eigenvalue weighted by Gasteiger charge is 2.22. The van der Waals surface area contributed by atoms with Gasteiger partial charge in [-0.25, -0.2) is 4.98 Å². The number of hydrogen-bond acceptors (Lipinski definition) is 2. The summed E-state index contributed by atoms with van der Waals surface area (Å²) in [7, 11) is 0. The molecule has 0 aliphatic carbocycles. The van der Waals surface area contributed by atoms with Crippen molar-refractivity contribution in [3.05, 3.63) is 49.4 Å². The standard InChI is InChI=1S/C16H19IN2O/c1-5-10-8-6-7-9-11(10)14-18-13(16(2,3)4)12(17)15(20)19-14/h6-9H,5H2,1-4H3,(H,18,19,20). The summed E-state index contributed by atoms with van der Waals surface area (Å²) in [5.41, 5.74) is 2.83. The van der Waals surface area contributed by atoms with Gasteiger partial charge in [-0.15, -0.1) is 0 Å². The summed E-state index contributed by atoms with van der Waals surface area (Å²) < 4.78 is 0.674. The first-order chi connectivity index (χ1) is 9.34. The lowest BCUT2D eigenvalue weighted by atomic mass is 9.92. The molecule has 0 aliphatic rings. The van der Waals surface area contributed by atoms with Crippen molar-refractivity contribution in [3.8, 4) is 11.4 Å². The Kier molecular flexibility index (Phi) is 4.32. The second-order valence-corrected chi connectivity index (χ2v) is 6.92. The van der Waals surface area contributed by atoms with Crippen molar-refractivity contribution >= 4 is 22.6 Å². The van der Waals surface area contributed by atoms with E-state index in [9.17, 15) is 4.79 Å². The van der Waals surface area contributed by atoms with Gasteiger partial charge in [-0.1, -0.05) is 52.0 Å². The minimum absolute atomic E-state index is 0.0635.